The number of piperidine rings is 1. The Hall–Kier alpha value is -2.28. The van der Waals surface area contributed by atoms with E-state index in [0.29, 0.717) is 37.7 Å². The summed E-state index contributed by atoms with van der Waals surface area (Å²) < 4.78 is 10.9. The highest BCUT2D eigenvalue weighted by Gasteiger charge is 2.31. The monoisotopic (exact) mass is 347 g/mol. The predicted octanol–water partition coefficient (Wildman–Crippen LogP) is 0.497. The van der Waals surface area contributed by atoms with Gasteiger partial charge in [0.05, 0.1) is 13.7 Å². The number of rotatable bonds is 5. The molecule has 0 saturated carbocycles. The average Bonchev–Trinajstić information content (AvgIpc) is 2.66. The van der Waals surface area contributed by atoms with Crippen molar-refractivity contribution < 1.29 is 19.1 Å². The van der Waals surface area contributed by atoms with Gasteiger partial charge >= 0.3 is 0 Å². The number of ether oxygens (including phenoxy) is 2. The molecule has 0 bridgehead atoms. The van der Waals surface area contributed by atoms with E-state index < -0.39 is 0 Å². The molecule has 3 rings (SSSR count). The number of methoxy groups -OCH3 is 1. The van der Waals surface area contributed by atoms with Crippen LogP contribution in [0.1, 0.15) is 12.8 Å². The zero-order valence-electron chi connectivity index (χ0n) is 14.6. The minimum atomic E-state index is -0.0572. The molecule has 1 N–H and O–H groups in total. The molecule has 1 unspecified atom stereocenters. The molecular weight excluding hydrogens is 322 g/mol. The first kappa shape index (κ1) is 17.5. The number of nitrogens with one attached hydrogen (secondary N) is 1. The van der Waals surface area contributed by atoms with Crippen LogP contribution in [-0.2, 0) is 9.59 Å². The maximum Gasteiger partial charge on any atom is 0.260 e. The molecule has 136 valence electrons. The quantitative estimate of drug-likeness (QED) is 0.840. The number of para-hydroxylation sites is 2. The number of likely N-dealkylation sites (tertiary alicyclic amines) is 1. The lowest BCUT2D eigenvalue weighted by Gasteiger charge is -2.41. The Labute approximate surface area is 147 Å². The lowest BCUT2D eigenvalue weighted by atomic mass is 10.0. The molecule has 7 nitrogen and oxygen atoms in total. The second-order valence-corrected chi connectivity index (χ2v) is 6.34. The minimum Gasteiger partial charge on any atom is -0.493 e. The summed E-state index contributed by atoms with van der Waals surface area (Å²) in [5.41, 5.74) is 0. The zero-order chi connectivity index (χ0) is 17.6. The fraction of sp³-hybridized carbons (Fsp3) is 0.556. The lowest BCUT2D eigenvalue weighted by Crippen LogP contribution is -2.57. The highest BCUT2D eigenvalue weighted by molar-refractivity contribution is 5.80. The highest BCUT2D eigenvalue weighted by atomic mass is 16.5. The van der Waals surface area contributed by atoms with Crippen LogP contribution in [0.2, 0.25) is 0 Å². The molecule has 7 heteroatoms. The highest BCUT2D eigenvalue weighted by Crippen LogP contribution is 2.26. The number of nitrogens with zero attached hydrogens (tertiary/aromatic N) is 2. The van der Waals surface area contributed by atoms with E-state index in [4.69, 9.17) is 9.47 Å². The second kappa shape index (κ2) is 8.20. The van der Waals surface area contributed by atoms with Gasteiger partial charge in [0.2, 0.25) is 5.91 Å². The topological polar surface area (TPSA) is 71.1 Å². The fourth-order valence-electron chi connectivity index (χ4n) is 3.41. The SMILES string of the molecule is COc1ccccc1OCC(=O)N1CCCC(N2CCNCC2=O)C1. The van der Waals surface area contributed by atoms with E-state index in [9.17, 15) is 9.59 Å². The van der Waals surface area contributed by atoms with Crippen LogP contribution in [-0.4, -0.2) is 74.1 Å². The van der Waals surface area contributed by atoms with Gasteiger partial charge in [-0.1, -0.05) is 12.1 Å². The second-order valence-electron chi connectivity index (χ2n) is 6.34. The van der Waals surface area contributed by atoms with E-state index in [1.165, 1.54) is 0 Å². The fourth-order valence-corrected chi connectivity index (χ4v) is 3.41. The summed E-state index contributed by atoms with van der Waals surface area (Å²) in [6, 6.07) is 7.39. The van der Waals surface area contributed by atoms with Crippen LogP contribution in [0, 0.1) is 0 Å². The van der Waals surface area contributed by atoms with E-state index >= 15 is 0 Å². The molecule has 0 spiro atoms. The van der Waals surface area contributed by atoms with E-state index in [1.807, 2.05) is 17.0 Å². The van der Waals surface area contributed by atoms with Crippen LogP contribution >= 0.6 is 0 Å². The standard InChI is InChI=1S/C18H25N3O4/c1-24-15-6-2-3-7-16(15)25-13-18(23)20-9-4-5-14(12-20)21-10-8-19-11-17(21)22/h2-3,6-7,14,19H,4-5,8-13H2,1H3. The summed E-state index contributed by atoms with van der Waals surface area (Å²) in [6.07, 6.45) is 1.85. The summed E-state index contributed by atoms with van der Waals surface area (Å²) in [5.74, 6) is 1.23. The van der Waals surface area contributed by atoms with Gasteiger partial charge in [0, 0.05) is 32.2 Å². The van der Waals surface area contributed by atoms with Crippen molar-refractivity contribution in [1.29, 1.82) is 0 Å². The number of carbonyl (C=O) groups is 2. The van der Waals surface area contributed by atoms with Crippen molar-refractivity contribution in [3.05, 3.63) is 24.3 Å². The Morgan fingerprint density at radius 3 is 2.84 bits per heavy atom. The summed E-state index contributed by atoms with van der Waals surface area (Å²) in [5, 5.41) is 3.08. The van der Waals surface area contributed by atoms with Gasteiger partial charge in [-0.2, -0.15) is 0 Å². The molecule has 2 aliphatic rings. The maximum absolute atomic E-state index is 12.5. The Morgan fingerprint density at radius 2 is 2.08 bits per heavy atom. The van der Waals surface area contributed by atoms with Crippen LogP contribution in [0.4, 0.5) is 0 Å². The van der Waals surface area contributed by atoms with Crippen LogP contribution < -0.4 is 14.8 Å². The van der Waals surface area contributed by atoms with Gasteiger partial charge in [-0.3, -0.25) is 9.59 Å². The largest absolute Gasteiger partial charge is 0.493 e. The van der Waals surface area contributed by atoms with Crippen molar-refractivity contribution in [2.24, 2.45) is 0 Å². The Morgan fingerprint density at radius 1 is 1.28 bits per heavy atom. The summed E-state index contributed by atoms with van der Waals surface area (Å²) >= 11 is 0. The molecular formula is C18H25N3O4. The zero-order valence-corrected chi connectivity index (χ0v) is 14.6. The molecule has 2 saturated heterocycles. The third kappa shape index (κ3) is 4.22. The van der Waals surface area contributed by atoms with Gasteiger partial charge in [-0.25, -0.2) is 0 Å². The predicted molar refractivity (Wildman–Crippen MR) is 92.7 cm³/mol. The molecule has 25 heavy (non-hydrogen) atoms. The molecule has 1 atom stereocenters. The van der Waals surface area contributed by atoms with Crippen LogP contribution in [0.15, 0.2) is 24.3 Å². The molecule has 1 aromatic carbocycles. The van der Waals surface area contributed by atoms with Crippen molar-refractivity contribution in [3.8, 4) is 11.5 Å². The van der Waals surface area contributed by atoms with Gasteiger partial charge in [0.15, 0.2) is 18.1 Å². The number of hydrogen-bond donors (Lipinski definition) is 1. The van der Waals surface area contributed by atoms with E-state index in [1.54, 1.807) is 24.1 Å². The van der Waals surface area contributed by atoms with Gasteiger partial charge in [-0.05, 0) is 25.0 Å². The molecule has 2 heterocycles. The Bertz CT molecular complexity index is 622. The average molecular weight is 347 g/mol. The Balaban J connectivity index is 1.55. The van der Waals surface area contributed by atoms with Crippen LogP contribution in [0.3, 0.4) is 0 Å². The summed E-state index contributed by atoms with van der Waals surface area (Å²) in [7, 11) is 1.57. The maximum atomic E-state index is 12.5. The number of benzene rings is 1. The summed E-state index contributed by atoms with van der Waals surface area (Å²) in [4.78, 5) is 28.3. The first-order chi connectivity index (χ1) is 12.2. The molecule has 1 aromatic rings. The van der Waals surface area contributed by atoms with E-state index in [-0.39, 0.29) is 24.5 Å². The number of amides is 2. The van der Waals surface area contributed by atoms with Crippen LogP contribution in [0.25, 0.3) is 0 Å². The molecule has 2 amide bonds. The normalized spacial score (nSPS) is 21.2. The van der Waals surface area contributed by atoms with Gasteiger partial charge in [0.1, 0.15) is 0 Å². The van der Waals surface area contributed by atoms with E-state index in [0.717, 1.165) is 19.4 Å². The number of hydrogen-bond acceptors (Lipinski definition) is 5. The third-order valence-corrected chi connectivity index (χ3v) is 4.74. The number of carbonyl (C=O) groups excluding carboxylic acids is 2. The van der Waals surface area contributed by atoms with E-state index in [2.05, 4.69) is 5.32 Å². The van der Waals surface area contributed by atoms with Crippen molar-refractivity contribution in [1.82, 2.24) is 15.1 Å². The molecule has 0 aromatic heterocycles. The van der Waals surface area contributed by atoms with Crippen molar-refractivity contribution >= 4 is 11.8 Å². The third-order valence-electron chi connectivity index (χ3n) is 4.74. The molecule has 0 aliphatic carbocycles. The van der Waals surface area contributed by atoms with Gasteiger partial charge in [0.25, 0.3) is 5.91 Å². The lowest BCUT2D eigenvalue weighted by molar-refractivity contribution is -0.141. The van der Waals surface area contributed by atoms with Crippen molar-refractivity contribution in [2.45, 2.75) is 18.9 Å². The molecule has 0 radical (unpaired) electrons. The van der Waals surface area contributed by atoms with Crippen molar-refractivity contribution in [3.63, 3.8) is 0 Å². The number of piperazine rings is 1. The van der Waals surface area contributed by atoms with Gasteiger partial charge < -0.3 is 24.6 Å². The van der Waals surface area contributed by atoms with Crippen molar-refractivity contribution in [2.75, 3.05) is 46.4 Å². The summed E-state index contributed by atoms with van der Waals surface area (Å²) in [6.45, 7) is 3.19. The minimum absolute atomic E-state index is 0.0252. The first-order valence-corrected chi connectivity index (χ1v) is 8.73. The van der Waals surface area contributed by atoms with Crippen LogP contribution in [0.5, 0.6) is 11.5 Å². The smallest absolute Gasteiger partial charge is 0.260 e. The Kier molecular flexibility index (Phi) is 5.75. The molecule has 2 fully saturated rings. The van der Waals surface area contributed by atoms with Gasteiger partial charge in [-0.15, -0.1) is 0 Å². The first-order valence-electron chi connectivity index (χ1n) is 8.73. The molecule has 2 aliphatic heterocycles.